The molecule has 0 saturated carbocycles. The average Bonchev–Trinajstić information content (AvgIpc) is 3.25. The first kappa shape index (κ1) is 19.4. The van der Waals surface area contributed by atoms with Crippen molar-refractivity contribution in [1.82, 2.24) is 20.1 Å². The van der Waals surface area contributed by atoms with Gasteiger partial charge in [0.05, 0.1) is 5.75 Å². The van der Waals surface area contributed by atoms with E-state index in [0.717, 1.165) is 11.6 Å². The predicted molar refractivity (Wildman–Crippen MR) is 119 cm³/mol. The highest BCUT2D eigenvalue weighted by molar-refractivity contribution is 7.99. The Labute approximate surface area is 181 Å². The number of aromatic nitrogens is 3. The van der Waals surface area contributed by atoms with Crippen LogP contribution in [0.2, 0.25) is 0 Å². The Morgan fingerprint density at radius 3 is 2.37 bits per heavy atom. The van der Waals surface area contributed by atoms with Crippen molar-refractivity contribution in [2.45, 2.75) is 43.3 Å². The van der Waals surface area contributed by atoms with Gasteiger partial charge in [-0.1, -0.05) is 60.3 Å². The third-order valence-corrected chi connectivity index (χ3v) is 7.37. The van der Waals surface area contributed by atoms with E-state index in [4.69, 9.17) is 0 Å². The number of carbonyl (C=O) groups is 1. The van der Waals surface area contributed by atoms with Crippen LogP contribution in [-0.2, 0) is 4.79 Å². The van der Waals surface area contributed by atoms with Crippen molar-refractivity contribution in [1.29, 1.82) is 0 Å². The van der Waals surface area contributed by atoms with E-state index in [1.165, 1.54) is 34.0 Å². The Balaban J connectivity index is 1.27. The number of nitrogens with one attached hydrogen (secondary N) is 1. The fraction of sp³-hybridized carbons (Fsp3) is 0.375. The molecule has 1 amide bonds. The molecule has 30 heavy (non-hydrogen) atoms. The van der Waals surface area contributed by atoms with Crippen LogP contribution in [0.1, 0.15) is 60.4 Å². The Morgan fingerprint density at radius 2 is 1.73 bits per heavy atom. The number of carbonyl (C=O) groups excluding carboxylic acids is 1. The highest BCUT2D eigenvalue weighted by Gasteiger charge is 2.42. The molecule has 3 aliphatic rings. The number of thioether (sulfide) groups is 1. The number of rotatable bonds is 6. The van der Waals surface area contributed by atoms with E-state index in [0.29, 0.717) is 30.1 Å². The quantitative estimate of drug-likeness (QED) is 0.604. The summed E-state index contributed by atoms with van der Waals surface area (Å²) in [6.45, 7) is 4.88. The summed E-state index contributed by atoms with van der Waals surface area (Å²) < 4.78 is 1.99. The molecule has 3 aliphatic carbocycles. The minimum absolute atomic E-state index is 0.0568. The van der Waals surface area contributed by atoms with Gasteiger partial charge in [-0.05, 0) is 48.4 Å². The van der Waals surface area contributed by atoms with Gasteiger partial charge in [0.1, 0.15) is 6.33 Å². The van der Waals surface area contributed by atoms with Gasteiger partial charge in [-0.15, -0.1) is 10.2 Å². The lowest BCUT2D eigenvalue weighted by molar-refractivity contribution is -0.118. The number of amides is 1. The molecule has 2 aromatic carbocycles. The van der Waals surface area contributed by atoms with E-state index in [1.807, 2.05) is 4.57 Å². The Bertz CT molecular complexity index is 1030. The second kappa shape index (κ2) is 7.91. The molecule has 6 rings (SSSR count). The third kappa shape index (κ3) is 3.33. The molecule has 0 fully saturated rings. The van der Waals surface area contributed by atoms with Crippen LogP contribution in [0, 0.1) is 5.92 Å². The Kier molecular flexibility index (Phi) is 5.11. The summed E-state index contributed by atoms with van der Waals surface area (Å²) in [5, 5.41) is 12.1. The lowest BCUT2D eigenvalue weighted by Gasteiger charge is -2.45. The first-order valence-electron chi connectivity index (χ1n) is 10.6. The molecule has 0 spiro atoms. The van der Waals surface area contributed by atoms with E-state index in [1.54, 1.807) is 6.33 Å². The zero-order valence-electron chi connectivity index (χ0n) is 17.3. The summed E-state index contributed by atoms with van der Waals surface area (Å²) in [7, 11) is 0. The van der Waals surface area contributed by atoms with E-state index in [9.17, 15) is 4.79 Å². The maximum Gasteiger partial charge on any atom is 0.230 e. The molecule has 6 heteroatoms. The largest absolute Gasteiger partial charge is 0.355 e. The Hall–Kier alpha value is -2.60. The number of fused-ring (bicyclic) bond motifs is 1. The van der Waals surface area contributed by atoms with Gasteiger partial charge in [0.2, 0.25) is 5.91 Å². The maximum absolute atomic E-state index is 12.6. The second-order valence-electron chi connectivity index (χ2n) is 8.49. The summed E-state index contributed by atoms with van der Waals surface area (Å²) in [4.78, 5) is 12.6. The van der Waals surface area contributed by atoms with Crippen molar-refractivity contribution in [2.24, 2.45) is 5.92 Å². The van der Waals surface area contributed by atoms with Gasteiger partial charge in [-0.25, -0.2) is 0 Å². The van der Waals surface area contributed by atoms with Crippen LogP contribution in [0.15, 0.2) is 60.0 Å². The van der Waals surface area contributed by atoms with Gasteiger partial charge >= 0.3 is 0 Å². The SMILES string of the molecule is CC(C)n1cnnc1SCC(=O)NC[C@@H]1CC2c3ccccc3C1c1ccccc12. The summed E-state index contributed by atoms with van der Waals surface area (Å²) >= 11 is 1.45. The minimum Gasteiger partial charge on any atom is -0.355 e. The van der Waals surface area contributed by atoms with Crippen LogP contribution in [-0.4, -0.2) is 33.0 Å². The molecule has 5 nitrogen and oxygen atoms in total. The zero-order chi connectivity index (χ0) is 20.7. The molecule has 0 aliphatic heterocycles. The highest BCUT2D eigenvalue weighted by atomic mass is 32.2. The maximum atomic E-state index is 12.6. The van der Waals surface area contributed by atoms with Crippen molar-refractivity contribution < 1.29 is 4.79 Å². The van der Waals surface area contributed by atoms with E-state index in [2.05, 4.69) is 77.9 Å². The van der Waals surface area contributed by atoms with Crippen LogP contribution in [0.25, 0.3) is 0 Å². The first-order valence-corrected chi connectivity index (χ1v) is 11.6. The normalized spacial score (nSPS) is 21.4. The molecule has 1 heterocycles. The fourth-order valence-electron chi connectivity index (χ4n) is 5.08. The number of hydrogen-bond acceptors (Lipinski definition) is 4. The van der Waals surface area contributed by atoms with Crippen molar-refractivity contribution in [3.05, 3.63) is 77.1 Å². The topological polar surface area (TPSA) is 59.8 Å². The molecular weight excluding hydrogens is 392 g/mol. The zero-order valence-corrected chi connectivity index (χ0v) is 18.1. The number of nitrogens with zero attached hydrogens (tertiary/aromatic N) is 3. The molecule has 1 N–H and O–H groups in total. The standard InChI is InChI=1S/C24H26N4OS/c1-15(2)28-14-26-27-24(28)30-13-22(29)25-12-16-11-21-17-7-3-5-9-19(17)23(16)20-10-6-4-8-18(20)21/h3-10,14-16,21,23H,11-13H2,1-2H3,(H,25,29)/t16-,21?,23?/m0/s1. The minimum atomic E-state index is 0.0568. The highest BCUT2D eigenvalue weighted by Crippen LogP contribution is 2.55. The molecule has 0 radical (unpaired) electrons. The lowest BCUT2D eigenvalue weighted by atomic mass is 9.59. The number of benzene rings is 2. The van der Waals surface area contributed by atoms with Gasteiger partial charge in [0.25, 0.3) is 0 Å². The third-order valence-electron chi connectivity index (χ3n) is 6.41. The van der Waals surface area contributed by atoms with Crippen molar-refractivity contribution >= 4 is 17.7 Å². The summed E-state index contributed by atoms with van der Waals surface area (Å²) in [6.07, 6.45) is 2.81. The van der Waals surface area contributed by atoms with E-state index >= 15 is 0 Å². The summed E-state index contributed by atoms with van der Waals surface area (Å²) in [5.74, 6) is 1.64. The Morgan fingerprint density at radius 1 is 1.10 bits per heavy atom. The summed E-state index contributed by atoms with van der Waals surface area (Å²) in [5.41, 5.74) is 5.80. The summed E-state index contributed by atoms with van der Waals surface area (Å²) in [6, 6.07) is 17.9. The van der Waals surface area contributed by atoms with Crippen LogP contribution in [0.3, 0.4) is 0 Å². The fourth-order valence-corrected chi connectivity index (χ4v) is 5.95. The monoisotopic (exact) mass is 418 g/mol. The van der Waals surface area contributed by atoms with Gasteiger partial charge in [0, 0.05) is 24.4 Å². The van der Waals surface area contributed by atoms with Crippen molar-refractivity contribution in [3.63, 3.8) is 0 Å². The molecule has 154 valence electrons. The molecule has 3 aromatic rings. The molecule has 1 atom stereocenters. The molecule has 0 unspecified atom stereocenters. The van der Waals surface area contributed by atoms with Crippen LogP contribution in [0.5, 0.6) is 0 Å². The van der Waals surface area contributed by atoms with Crippen LogP contribution in [0.4, 0.5) is 0 Å². The van der Waals surface area contributed by atoms with Gasteiger partial charge < -0.3 is 9.88 Å². The first-order chi connectivity index (χ1) is 14.6. The van der Waals surface area contributed by atoms with Crippen molar-refractivity contribution in [2.75, 3.05) is 12.3 Å². The molecule has 2 bridgehead atoms. The van der Waals surface area contributed by atoms with Gasteiger partial charge in [0.15, 0.2) is 5.16 Å². The van der Waals surface area contributed by atoms with Gasteiger partial charge in [-0.2, -0.15) is 0 Å². The van der Waals surface area contributed by atoms with E-state index in [-0.39, 0.29) is 11.9 Å². The van der Waals surface area contributed by atoms with E-state index < -0.39 is 0 Å². The van der Waals surface area contributed by atoms with Crippen LogP contribution >= 0.6 is 11.8 Å². The van der Waals surface area contributed by atoms with Crippen molar-refractivity contribution in [3.8, 4) is 0 Å². The predicted octanol–water partition coefficient (Wildman–Crippen LogP) is 4.36. The lowest BCUT2D eigenvalue weighted by Crippen LogP contribution is -2.39. The van der Waals surface area contributed by atoms with Gasteiger partial charge in [-0.3, -0.25) is 4.79 Å². The molecule has 1 aromatic heterocycles. The number of hydrogen-bond donors (Lipinski definition) is 1. The molecule has 0 saturated heterocycles. The molecular formula is C24H26N4OS. The second-order valence-corrected chi connectivity index (χ2v) is 9.43. The van der Waals surface area contributed by atoms with Crippen LogP contribution < -0.4 is 5.32 Å². The average molecular weight is 419 g/mol. The smallest absolute Gasteiger partial charge is 0.230 e.